The van der Waals surface area contributed by atoms with Crippen molar-refractivity contribution in [2.75, 3.05) is 0 Å². The van der Waals surface area contributed by atoms with Crippen molar-refractivity contribution in [3.05, 3.63) is 92.0 Å². The van der Waals surface area contributed by atoms with Crippen molar-refractivity contribution in [1.29, 1.82) is 0 Å². The summed E-state index contributed by atoms with van der Waals surface area (Å²) >= 11 is 0. The summed E-state index contributed by atoms with van der Waals surface area (Å²) in [4.78, 5) is 0. The van der Waals surface area contributed by atoms with Gasteiger partial charge in [-0.3, -0.25) is 0 Å². The Hall–Kier alpha value is -3.02. The minimum absolute atomic E-state index is 1.04. The first kappa shape index (κ1) is 24.7. The molecule has 1 heterocycles. The van der Waals surface area contributed by atoms with Gasteiger partial charge >= 0.3 is 7.80 Å². The molecule has 0 fully saturated rings. The van der Waals surface area contributed by atoms with Crippen molar-refractivity contribution in [1.82, 2.24) is 0 Å². The molecule has 5 rings (SSSR count). The topological polar surface area (TPSA) is 17.1 Å². The maximum Gasteiger partial charge on any atom is 0.417 e. The smallest absolute Gasteiger partial charge is 0.0612 e. The van der Waals surface area contributed by atoms with Crippen LogP contribution in [0, 0.1) is 69.2 Å². The zero-order valence-corrected chi connectivity index (χ0v) is 24.2. The largest absolute Gasteiger partial charge is 0.417 e. The molecule has 0 amide bonds. The molecule has 2 heteroatoms. The Balaban J connectivity index is 2.04. The molecule has 0 N–H and O–H groups in total. The third-order valence-corrected chi connectivity index (χ3v) is 10.3. The fraction of sp³-hybridized carbons (Fsp3) is 0.294. The zero-order chi connectivity index (χ0) is 26.2. The molecule has 4 aromatic rings. The monoisotopic (exact) mass is 491 g/mol. The van der Waals surface area contributed by atoms with Crippen LogP contribution in [0.2, 0.25) is 0 Å². The van der Waals surface area contributed by atoms with Crippen molar-refractivity contribution in [2.45, 2.75) is 69.2 Å². The van der Waals surface area contributed by atoms with E-state index in [0.717, 1.165) is 10.6 Å². The van der Waals surface area contributed by atoms with Gasteiger partial charge in [0.25, 0.3) is 0 Å². The molecule has 0 unspecified atom stereocenters. The number of hydrogen-bond acceptors (Lipinski definition) is 1. The van der Waals surface area contributed by atoms with E-state index in [9.17, 15) is 4.57 Å². The van der Waals surface area contributed by atoms with E-state index in [1.54, 1.807) is 0 Å². The highest BCUT2D eigenvalue weighted by molar-refractivity contribution is 7.63. The lowest BCUT2D eigenvalue weighted by molar-refractivity contribution is 0.598. The van der Waals surface area contributed by atoms with Crippen LogP contribution in [0.25, 0.3) is 33.4 Å². The fourth-order valence-corrected chi connectivity index (χ4v) is 8.37. The van der Waals surface area contributed by atoms with E-state index >= 15 is 0 Å². The maximum atomic E-state index is 14.4. The van der Waals surface area contributed by atoms with E-state index in [-0.39, 0.29) is 0 Å². The molecule has 0 bridgehead atoms. The van der Waals surface area contributed by atoms with Gasteiger partial charge in [0.1, 0.15) is 0 Å². The van der Waals surface area contributed by atoms with Gasteiger partial charge in [-0.2, -0.15) is 0 Å². The Labute approximate surface area is 217 Å². The summed E-state index contributed by atoms with van der Waals surface area (Å²) in [5.74, 6) is 0. The molecule has 1 nitrogen and oxygen atoms in total. The predicted molar refractivity (Wildman–Crippen MR) is 157 cm³/mol. The standard InChI is InChI=1S/C34H36OP/c1-17-11-18(2)14-27(13-17)29-23(7)21(5)25(9)33-31(29)32-30(28-15-19(3)12-20(4)16-28)24(8)22(6)26(10)34(32)36(33)35/h11-16H,1-10H3/q+1. The summed E-state index contributed by atoms with van der Waals surface area (Å²) in [5, 5.41) is 2.08. The van der Waals surface area contributed by atoms with E-state index < -0.39 is 7.80 Å². The van der Waals surface area contributed by atoms with Gasteiger partial charge in [0.05, 0.1) is 0 Å². The average molecular weight is 492 g/mol. The molecule has 36 heavy (non-hydrogen) atoms. The van der Waals surface area contributed by atoms with Crippen LogP contribution < -0.4 is 10.6 Å². The highest BCUT2D eigenvalue weighted by atomic mass is 31.1. The Kier molecular flexibility index (Phi) is 5.85. The summed E-state index contributed by atoms with van der Waals surface area (Å²) in [5.41, 5.74) is 19.8. The number of rotatable bonds is 2. The summed E-state index contributed by atoms with van der Waals surface area (Å²) in [7, 11) is -1.69. The van der Waals surface area contributed by atoms with Crippen LogP contribution in [0.5, 0.6) is 0 Å². The molecule has 0 saturated heterocycles. The quantitative estimate of drug-likeness (QED) is 0.225. The summed E-state index contributed by atoms with van der Waals surface area (Å²) in [6, 6.07) is 13.6. The number of hydrogen-bond donors (Lipinski definition) is 0. The lowest BCUT2D eigenvalue weighted by Gasteiger charge is -2.20. The lowest BCUT2D eigenvalue weighted by Crippen LogP contribution is -2.10. The van der Waals surface area contributed by atoms with Gasteiger partial charge in [0.2, 0.25) is 10.6 Å². The third-order valence-electron chi connectivity index (χ3n) is 8.36. The number of aryl methyl sites for hydroxylation is 4. The lowest BCUT2D eigenvalue weighted by atomic mass is 9.80. The maximum absolute atomic E-state index is 14.4. The molecule has 4 aromatic carbocycles. The van der Waals surface area contributed by atoms with Crippen molar-refractivity contribution < 1.29 is 4.57 Å². The van der Waals surface area contributed by atoms with Crippen LogP contribution in [0.4, 0.5) is 0 Å². The third kappa shape index (κ3) is 3.52. The first-order valence-electron chi connectivity index (χ1n) is 12.8. The molecule has 182 valence electrons. The van der Waals surface area contributed by atoms with Gasteiger partial charge in [-0.25, -0.2) is 0 Å². The zero-order valence-electron chi connectivity index (χ0n) is 23.3. The van der Waals surface area contributed by atoms with Crippen molar-refractivity contribution >= 4 is 18.4 Å². The number of benzene rings is 4. The average Bonchev–Trinajstić information content (AvgIpc) is 3.07. The fourth-order valence-electron chi connectivity index (χ4n) is 6.35. The van der Waals surface area contributed by atoms with Crippen LogP contribution in [0.1, 0.15) is 55.6 Å². The summed E-state index contributed by atoms with van der Waals surface area (Å²) in [6.45, 7) is 21.9. The second kappa shape index (κ2) is 8.53. The molecule has 1 aliphatic rings. The predicted octanol–water partition coefficient (Wildman–Crippen LogP) is 8.86. The minimum Gasteiger partial charge on any atom is -0.0612 e. The Bertz CT molecular complexity index is 1470. The van der Waals surface area contributed by atoms with Crippen LogP contribution >= 0.6 is 7.80 Å². The molecule has 1 aliphatic heterocycles. The highest BCUT2D eigenvalue weighted by Gasteiger charge is 2.47. The number of fused-ring (bicyclic) bond motifs is 3. The second-order valence-corrected chi connectivity index (χ2v) is 12.5. The summed E-state index contributed by atoms with van der Waals surface area (Å²) in [6.07, 6.45) is 0. The molecule has 0 aromatic heterocycles. The Morgan fingerprint density at radius 3 is 1.00 bits per heavy atom. The van der Waals surface area contributed by atoms with Crippen LogP contribution in [0.3, 0.4) is 0 Å². The van der Waals surface area contributed by atoms with Crippen molar-refractivity contribution in [2.24, 2.45) is 0 Å². The van der Waals surface area contributed by atoms with E-state index in [4.69, 9.17) is 0 Å². The molecular formula is C34H36OP+. The SMILES string of the molecule is Cc1cc(C)cc(-c2c(C)c(C)c(C)c3c2-c2c(-c4cc(C)cc(C)c4)c(C)c(C)c(C)c2[P+]3=O)c1. The first-order valence-corrected chi connectivity index (χ1v) is 14.1. The normalized spacial score (nSPS) is 12.2. The molecule has 0 aliphatic carbocycles. The van der Waals surface area contributed by atoms with Gasteiger partial charge in [-0.1, -0.05) is 63.2 Å². The second-order valence-electron chi connectivity index (χ2n) is 11.0. The Morgan fingerprint density at radius 1 is 0.389 bits per heavy atom. The van der Waals surface area contributed by atoms with E-state index in [2.05, 4.69) is 106 Å². The summed E-state index contributed by atoms with van der Waals surface area (Å²) < 4.78 is 14.4. The van der Waals surface area contributed by atoms with Crippen LogP contribution in [0.15, 0.2) is 36.4 Å². The van der Waals surface area contributed by atoms with E-state index in [1.165, 1.54) is 89.0 Å². The van der Waals surface area contributed by atoms with E-state index in [1.807, 2.05) is 0 Å². The van der Waals surface area contributed by atoms with Crippen molar-refractivity contribution in [3.63, 3.8) is 0 Å². The van der Waals surface area contributed by atoms with Gasteiger partial charge in [0, 0.05) is 22.3 Å². The van der Waals surface area contributed by atoms with Crippen LogP contribution in [-0.2, 0) is 4.57 Å². The molecule has 0 spiro atoms. The highest BCUT2D eigenvalue weighted by Crippen LogP contribution is 2.52. The first-order chi connectivity index (χ1) is 16.9. The van der Waals surface area contributed by atoms with Crippen molar-refractivity contribution in [3.8, 4) is 33.4 Å². The molecule has 0 atom stereocenters. The van der Waals surface area contributed by atoms with Gasteiger partial charge < -0.3 is 0 Å². The van der Waals surface area contributed by atoms with Gasteiger partial charge in [0.15, 0.2) is 0 Å². The molecule has 0 saturated carbocycles. The van der Waals surface area contributed by atoms with Gasteiger partial charge in [-0.05, 0) is 114 Å². The minimum atomic E-state index is -1.69. The molecule has 0 radical (unpaired) electrons. The molecular weight excluding hydrogens is 455 g/mol. The van der Waals surface area contributed by atoms with E-state index in [0.29, 0.717) is 0 Å². The van der Waals surface area contributed by atoms with Gasteiger partial charge in [-0.15, -0.1) is 0 Å². The Morgan fingerprint density at radius 2 is 0.694 bits per heavy atom. The van der Waals surface area contributed by atoms with Crippen LogP contribution in [-0.4, -0.2) is 0 Å².